The highest BCUT2D eigenvalue weighted by Crippen LogP contribution is 2.37. The zero-order valence-electron chi connectivity index (χ0n) is 9.09. The van der Waals surface area contributed by atoms with Gasteiger partial charge in [-0.2, -0.15) is 0 Å². The largest absolute Gasteiger partial charge is 0.385 e. The maximum Gasteiger partial charge on any atom is 0.0340 e. The van der Waals surface area contributed by atoms with E-state index in [2.05, 4.69) is 43.4 Å². The lowest BCUT2D eigenvalue weighted by Gasteiger charge is -2.06. The fraction of sp³-hybridized carbons (Fsp3) is 0.538. The topological polar surface area (TPSA) is 12.0 Å². The number of anilines is 1. The van der Waals surface area contributed by atoms with Gasteiger partial charge in [-0.05, 0) is 42.4 Å². The Bertz CT molecular complexity index is 289. The summed E-state index contributed by atoms with van der Waals surface area (Å²) < 4.78 is 0. The zero-order chi connectivity index (χ0) is 9.97. The molecule has 0 heterocycles. The molecule has 1 N–H and O–H groups in total. The Morgan fingerprint density at radius 3 is 2.43 bits per heavy atom. The van der Waals surface area contributed by atoms with Crippen LogP contribution >= 0.6 is 0 Å². The summed E-state index contributed by atoms with van der Waals surface area (Å²) in [6.45, 7) is 5.66. The van der Waals surface area contributed by atoms with Crippen LogP contribution < -0.4 is 5.32 Å². The minimum atomic E-state index is 0.917. The van der Waals surface area contributed by atoms with Crippen LogP contribution in [0.25, 0.3) is 0 Å². The van der Waals surface area contributed by atoms with E-state index in [9.17, 15) is 0 Å². The molecule has 1 saturated carbocycles. The first-order chi connectivity index (χ1) is 6.79. The molecule has 2 unspecified atom stereocenters. The van der Waals surface area contributed by atoms with Crippen molar-refractivity contribution in [1.29, 1.82) is 0 Å². The van der Waals surface area contributed by atoms with Crippen molar-refractivity contribution in [3.8, 4) is 0 Å². The molecule has 0 aliphatic heterocycles. The van der Waals surface area contributed by atoms with Gasteiger partial charge in [-0.3, -0.25) is 0 Å². The van der Waals surface area contributed by atoms with Crippen molar-refractivity contribution in [3.63, 3.8) is 0 Å². The predicted molar refractivity (Wildman–Crippen MR) is 61.6 cm³/mol. The van der Waals surface area contributed by atoms with E-state index in [0.29, 0.717) is 0 Å². The van der Waals surface area contributed by atoms with Crippen LogP contribution in [-0.2, 0) is 6.42 Å². The monoisotopic (exact) mass is 189 g/mol. The molecular weight excluding hydrogens is 170 g/mol. The SMILES string of the molecule is CCc1ccc(NCC2CC2C)cc1. The summed E-state index contributed by atoms with van der Waals surface area (Å²) in [4.78, 5) is 0. The van der Waals surface area contributed by atoms with Crippen molar-refractivity contribution in [2.24, 2.45) is 11.8 Å². The van der Waals surface area contributed by atoms with Gasteiger partial charge < -0.3 is 5.32 Å². The Labute approximate surface area is 86.5 Å². The second-order valence-electron chi connectivity index (χ2n) is 4.40. The molecule has 1 nitrogen and oxygen atoms in total. The van der Waals surface area contributed by atoms with Gasteiger partial charge in [0, 0.05) is 12.2 Å². The molecule has 0 saturated heterocycles. The Hall–Kier alpha value is -0.980. The molecule has 0 amide bonds. The predicted octanol–water partition coefficient (Wildman–Crippen LogP) is 3.32. The maximum absolute atomic E-state index is 3.49. The van der Waals surface area contributed by atoms with Crippen LogP contribution in [-0.4, -0.2) is 6.54 Å². The van der Waals surface area contributed by atoms with E-state index in [4.69, 9.17) is 0 Å². The van der Waals surface area contributed by atoms with Gasteiger partial charge in [0.25, 0.3) is 0 Å². The zero-order valence-corrected chi connectivity index (χ0v) is 9.09. The van der Waals surface area contributed by atoms with Crippen molar-refractivity contribution in [2.45, 2.75) is 26.7 Å². The number of hydrogen-bond acceptors (Lipinski definition) is 1. The van der Waals surface area contributed by atoms with Gasteiger partial charge in [-0.25, -0.2) is 0 Å². The van der Waals surface area contributed by atoms with Crippen molar-refractivity contribution in [1.82, 2.24) is 0 Å². The lowest BCUT2D eigenvalue weighted by Crippen LogP contribution is -2.04. The molecule has 0 bridgehead atoms. The molecule has 14 heavy (non-hydrogen) atoms. The van der Waals surface area contributed by atoms with E-state index in [1.165, 1.54) is 17.7 Å². The molecule has 1 aliphatic carbocycles. The smallest absolute Gasteiger partial charge is 0.0340 e. The summed E-state index contributed by atoms with van der Waals surface area (Å²) in [7, 11) is 0. The van der Waals surface area contributed by atoms with E-state index >= 15 is 0 Å². The van der Waals surface area contributed by atoms with Crippen LogP contribution in [0.1, 0.15) is 25.8 Å². The molecule has 0 spiro atoms. The maximum atomic E-state index is 3.49. The van der Waals surface area contributed by atoms with E-state index in [0.717, 1.165) is 24.8 Å². The average molecular weight is 189 g/mol. The first-order valence-electron chi connectivity index (χ1n) is 5.62. The molecule has 2 atom stereocenters. The van der Waals surface area contributed by atoms with Gasteiger partial charge >= 0.3 is 0 Å². The third-order valence-electron chi connectivity index (χ3n) is 3.21. The Morgan fingerprint density at radius 2 is 1.93 bits per heavy atom. The first kappa shape index (κ1) is 9.57. The number of benzene rings is 1. The third-order valence-corrected chi connectivity index (χ3v) is 3.21. The number of nitrogens with one attached hydrogen (secondary N) is 1. The normalized spacial score (nSPS) is 24.7. The minimum Gasteiger partial charge on any atom is -0.385 e. The molecule has 76 valence electrons. The van der Waals surface area contributed by atoms with Gasteiger partial charge in [-0.1, -0.05) is 26.0 Å². The molecular formula is C13H19N. The molecule has 1 fully saturated rings. The van der Waals surface area contributed by atoms with Crippen molar-refractivity contribution in [3.05, 3.63) is 29.8 Å². The second kappa shape index (κ2) is 4.04. The number of aryl methyl sites for hydroxylation is 1. The molecule has 1 aliphatic rings. The Morgan fingerprint density at radius 1 is 1.29 bits per heavy atom. The van der Waals surface area contributed by atoms with Crippen molar-refractivity contribution < 1.29 is 0 Å². The fourth-order valence-electron chi connectivity index (χ4n) is 1.79. The molecule has 1 aromatic rings. The standard InChI is InChI=1S/C13H19N/c1-3-11-4-6-13(7-5-11)14-9-12-8-10(12)2/h4-7,10,12,14H,3,8-9H2,1-2H3. The van der Waals surface area contributed by atoms with Crippen LogP contribution in [0.5, 0.6) is 0 Å². The van der Waals surface area contributed by atoms with E-state index < -0.39 is 0 Å². The van der Waals surface area contributed by atoms with E-state index in [-0.39, 0.29) is 0 Å². The van der Waals surface area contributed by atoms with Gasteiger partial charge in [0.15, 0.2) is 0 Å². The van der Waals surface area contributed by atoms with Crippen LogP contribution in [0.3, 0.4) is 0 Å². The first-order valence-corrected chi connectivity index (χ1v) is 5.62. The van der Waals surface area contributed by atoms with Crippen LogP contribution in [0.2, 0.25) is 0 Å². The highest BCUT2D eigenvalue weighted by molar-refractivity contribution is 5.44. The number of rotatable bonds is 4. The minimum absolute atomic E-state index is 0.917. The second-order valence-corrected chi connectivity index (χ2v) is 4.40. The quantitative estimate of drug-likeness (QED) is 0.766. The van der Waals surface area contributed by atoms with Gasteiger partial charge in [-0.15, -0.1) is 0 Å². The summed E-state index contributed by atoms with van der Waals surface area (Å²) >= 11 is 0. The van der Waals surface area contributed by atoms with E-state index in [1.807, 2.05) is 0 Å². The summed E-state index contributed by atoms with van der Waals surface area (Å²) in [5.41, 5.74) is 2.68. The van der Waals surface area contributed by atoms with Crippen molar-refractivity contribution >= 4 is 5.69 Å². The van der Waals surface area contributed by atoms with Crippen molar-refractivity contribution in [2.75, 3.05) is 11.9 Å². The summed E-state index contributed by atoms with van der Waals surface area (Å²) in [5.74, 6) is 1.86. The Kier molecular flexibility index (Phi) is 2.76. The molecule has 1 heteroatoms. The highest BCUT2D eigenvalue weighted by Gasteiger charge is 2.31. The highest BCUT2D eigenvalue weighted by atomic mass is 14.9. The van der Waals surface area contributed by atoms with Crippen LogP contribution in [0, 0.1) is 11.8 Å². The fourth-order valence-corrected chi connectivity index (χ4v) is 1.79. The summed E-state index contributed by atoms with van der Waals surface area (Å²) in [6.07, 6.45) is 2.53. The summed E-state index contributed by atoms with van der Waals surface area (Å²) in [5, 5.41) is 3.49. The van der Waals surface area contributed by atoms with Gasteiger partial charge in [0.1, 0.15) is 0 Å². The Balaban J connectivity index is 1.84. The van der Waals surface area contributed by atoms with Gasteiger partial charge in [0.05, 0.1) is 0 Å². The number of hydrogen-bond donors (Lipinski definition) is 1. The molecule has 1 aromatic carbocycles. The van der Waals surface area contributed by atoms with Crippen LogP contribution in [0.4, 0.5) is 5.69 Å². The van der Waals surface area contributed by atoms with Crippen LogP contribution in [0.15, 0.2) is 24.3 Å². The van der Waals surface area contributed by atoms with Gasteiger partial charge in [0.2, 0.25) is 0 Å². The molecule has 2 rings (SSSR count). The summed E-state index contributed by atoms with van der Waals surface area (Å²) in [6, 6.07) is 8.79. The average Bonchev–Trinajstić information content (AvgIpc) is 2.92. The lowest BCUT2D eigenvalue weighted by atomic mass is 10.1. The lowest BCUT2D eigenvalue weighted by molar-refractivity contribution is 0.787. The molecule has 0 aromatic heterocycles. The van der Waals surface area contributed by atoms with E-state index in [1.54, 1.807) is 0 Å². The third kappa shape index (κ3) is 2.28. The molecule has 0 radical (unpaired) electrons.